The van der Waals surface area contributed by atoms with E-state index in [0.29, 0.717) is 24.1 Å². The topological polar surface area (TPSA) is 137 Å². The van der Waals surface area contributed by atoms with Crippen LogP contribution in [0.3, 0.4) is 0 Å². The first-order chi connectivity index (χ1) is 20.1. The summed E-state index contributed by atoms with van der Waals surface area (Å²) in [4.78, 5) is 44.2. The summed E-state index contributed by atoms with van der Waals surface area (Å²) >= 11 is 0. The van der Waals surface area contributed by atoms with Crippen molar-refractivity contribution >= 4 is 46.1 Å². The number of para-hydroxylation sites is 1. The Labute approximate surface area is 239 Å². The van der Waals surface area contributed by atoms with Crippen molar-refractivity contribution in [3.63, 3.8) is 0 Å². The molecule has 1 aromatic heterocycles. The molecule has 0 aliphatic heterocycles. The van der Waals surface area contributed by atoms with Crippen molar-refractivity contribution < 1.29 is 18.0 Å². The Kier molecular flexibility index (Phi) is 9.40. The van der Waals surface area contributed by atoms with Crippen LogP contribution in [0.15, 0.2) is 64.3 Å². The lowest BCUT2D eigenvalue weighted by Crippen LogP contribution is -2.36. The van der Waals surface area contributed by atoms with Gasteiger partial charge in [-0.25, -0.2) is 4.98 Å². The summed E-state index contributed by atoms with van der Waals surface area (Å²) in [5.41, 5.74) is -0.569. The molecule has 0 atom stereocenters. The molecule has 0 aliphatic rings. The molecule has 0 saturated carbocycles. The standard InChI is InChI=1S/C29H30F3N7O3/c1-3-4-5-8-15-34-22-23(25(41)24(22)40)36-17-11-13-18(14-12-17)37-28-35-16-20(29(30,31)32)26(39-28)38-21-10-7-6-9-19(21)27(42)33-2/h6-7,9-14,16,34,36H,3-5,8,15H2,1-2H3,(H,33,42)(H2,35,37,38,39). The Morgan fingerprint density at radius 1 is 0.857 bits per heavy atom. The summed E-state index contributed by atoms with van der Waals surface area (Å²) in [6.07, 6.45) is -0.00254. The summed E-state index contributed by atoms with van der Waals surface area (Å²) in [5.74, 6) is -1.14. The van der Waals surface area contributed by atoms with Crippen molar-refractivity contribution in [1.82, 2.24) is 15.3 Å². The third-order valence-electron chi connectivity index (χ3n) is 6.40. The molecular formula is C29H30F3N7O3. The summed E-state index contributed by atoms with van der Waals surface area (Å²) in [7, 11) is 1.42. The number of hydrogen-bond acceptors (Lipinski definition) is 9. The van der Waals surface area contributed by atoms with Crippen LogP contribution in [-0.2, 0) is 6.18 Å². The molecule has 1 heterocycles. The SMILES string of the molecule is CCCCCCNc1c(Nc2ccc(Nc3ncc(C(F)(F)F)c(Nc4ccccc4C(=O)NC)n3)cc2)c(=O)c1=O. The van der Waals surface area contributed by atoms with E-state index in [1.165, 1.54) is 19.2 Å². The van der Waals surface area contributed by atoms with E-state index in [1.807, 2.05) is 0 Å². The molecule has 3 aromatic carbocycles. The third-order valence-corrected chi connectivity index (χ3v) is 6.40. The summed E-state index contributed by atoms with van der Waals surface area (Å²) in [5, 5.41) is 13.9. The van der Waals surface area contributed by atoms with Crippen LogP contribution in [0.4, 0.5) is 53.4 Å². The number of benzene rings is 2. The lowest BCUT2D eigenvalue weighted by atomic mass is 10.1. The van der Waals surface area contributed by atoms with Crippen LogP contribution in [0.25, 0.3) is 0 Å². The van der Waals surface area contributed by atoms with Crippen molar-refractivity contribution in [2.45, 2.75) is 38.8 Å². The normalized spacial score (nSPS) is 11.3. The van der Waals surface area contributed by atoms with Gasteiger partial charge in [-0.15, -0.1) is 0 Å². The first-order valence-corrected chi connectivity index (χ1v) is 13.4. The number of hydrogen-bond donors (Lipinski definition) is 5. The molecule has 0 aliphatic carbocycles. The van der Waals surface area contributed by atoms with Gasteiger partial charge in [-0.2, -0.15) is 18.2 Å². The predicted molar refractivity (Wildman–Crippen MR) is 157 cm³/mol. The van der Waals surface area contributed by atoms with Crippen LogP contribution in [0.5, 0.6) is 0 Å². The van der Waals surface area contributed by atoms with E-state index in [1.54, 1.807) is 36.4 Å². The van der Waals surface area contributed by atoms with Gasteiger partial charge in [0.25, 0.3) is 16.8 Å². The lowest BCUT2D eigenvalue weighted by molar-refractivity contribution is -0.137. The number of anilines is 7. The number of amides is 1. The number of halogens is 3. The fourth-order valence-corrected chi connectivity index (χ4v) is 4.15. The number of nitrogens with zero attached hydrogens (tertiary/aromatic N) is 2. The maximum Gasteiger partial charge on any atom is 0.421 e. The van der Waals surface area contributed by atoms with Gasteiger partial charge in [-0.3, -0.25) is 14.4 Å². The predicted octanol–water partition coefficient (Wildman–Crippen LogP) is 5.67. The van der Waals surface area contributed by atoms with Gasteiger partial charge in [0.05, 0.1) is 11.3 Å². The monoisotopic (exact) mass is 581 g/mol. The van der Waals surface area contributed by atoms with Crippen LogP contribution in [0, 0.1) is 0 Å². The van der Waals surface area contributed by atoms with Crippen LogP contribution in [-0.4, -0.2) is 29.5 Å². The summed E-state index contributed by atoms with van der Waals surface area (Å²) in [6.45, 7) is 2.69. The van der Waals surface area contributed by atoms with E-state index < -0.39 is 34.3 Å². The highest BCUT2D eigenvalue weighted by molar-refractivity contribution is 6.00. The fraction of sp³-hybridized carbons (Fsp3) is 0.276. The molecule has 1 amide bonds. The molecule has 10 nitrogen and oxygen atoms in total. The van der Waals surface area contributed by atoms with Crippen LogP contribution in [0.1, 0.15) is 48.5 Å². The van der Waals surface area contributed by atoms with Gasteiger partial charge in [0.1, 0.15) is 22.8 Å². The van der Waals surface area contributed by atoms with Crippen LogP contribution < -0.4 is 37.4 Å². The molecule has 0 radical (unpaired) electrons. The minimum absolute atomic E-state index is 0.124. The van der Waals surface area contributed by atoms with Gasteiger partial charge in [0, 0.05) is 31.2 Å². The molecule has 13 heteroatoms. The second-order valence-corrected chi connectivity index (χ2v) is 9.43. The second kappa shape index (κ2) is 13.1. The van der Waals surface area contributed by atoms with E-state index in [4.69, 9.17) is 0 Å². The highest BCUT2D eigenvalue weighted by Crippen LogP contribution is 2.36. The number of carbonyl (C=O) groups excluding carboxylic acids is 1. The van der Waals surface area contributed by atoms with E-state index >= 15 is 0 Å². The van der Waals surface area contributed by atoms with Gasteiger partial charge in [0.15, 0.2) is 0 Å². The summed E-state index contributed by atoms with van der Waals surface area (Å²) in [6, 6.07) is 12.6. The molecule has 0 fully saturated rings. The van der Waals surface area contributed by atoms with E-state index in [-0.39, 0.29) is 28.6 Å². The Balaban J connectivity index is 1.49. The van der Waals surface area contributed by atoms with Crippen molar-refractivity contribution in [2.24, 2.45) is 0 Å². The smallest absolute Gasteiger partial charge is 0.380 e. The highest BCUT2D eigenvalue weighted by Gasteiger charge is 2.35. The van der Waals surface area contributed by atoms with Gasteiger partial charge < -0.3 is 26.6 Å². The Morgan fingerprint density at radius 2 is 1.52 bits per heavy atom. The Bertz CT molecular complexity index is 1610. The molecule has 4 rings (SSSR count). The van der Waals surface area contributed by atoms with Gasteiger partial charge in [-0.1, -0.05) is 38.3 Å². The molecule has 0 spiro atoms. The third kappa shape index (κ3) is 7.03. The Morgan fingerprint density at radius 3 is 2.19 bits per heavy atom. The Hall–Kier alpha value is -4.94. The van der Waals surface area contributed by atoms with Gasteiger partial charge in [-0.05, 0) is 42.8 Å². The van der Waals surface area contributed by atoms with Crippen molar-refractivity contribution in [3.8, 4) is 0 Å². The zero-order chi connectivity index (χ0) is 30.3. The quantitative estimate of drug-likeness (QED) is 0.0998. The maximum absolute atomic E-state index is 13.7. The van der Waals surface area contributed by atoms with Crippen LogP contribution in [0.2, 0.25) is 0 Å². The molecule has 220 valence electrons. The minimum Gasteiger partial charge on any atom is -0.380 e. The minimum atomic E-state index is -4.76. The van der Waals surface area contributed by atoms with E-state index in [0.717, 1.165) is 25.7 Å². The number of unbranched alkanes of at least 4 members (excludes halogenated alkanes) is 3. The lowest BCUT2D eigenvalue weighted by Gasteiger charge is -2.17. The number of alkyl halides is 3. The zero-order valence-corrected chi connectivity index (χ0v) is 23.0. The van der Waals surface area contributed by atoms with Gasteiger partial charge in [0.2, 0.25) is 5.95 Å². The molecular weight excluding hydrogens is 551 g/mol. The van der Waals surface area contributed by atoms with E-state index in [9.17, 15) is 27.6 Å². The second-order valence-electron chi connectivity index (χ2n) is 9.43. The molecule has 42 heavy (non-hydrogen) atoms. The van der Waals surface area contributed by atoms with Crippen LogP contribution >= 0.6 is 0 Å². The average Bonchev–Trinajstić information content (AvgIpc) is 2.98. The molecule has 0 unspecified atom stereocenters. The molecule has 0 saturated heterocycles. The van der Waals surface area contributed by atoms with E-state index in [2.05, 4.69) is 43.5 Å². The first kappa shape index (κ1) is 30.0. The molecule has 4 aromatic rings. The van der Waals surface area contributed by atoms with Crippen molar-refractivity contribution in [1.29, 1.82) is 0 Å². The maximum atomic E-state index is 13.7. The van der Waals surface area contributed by atoms with Crippen molar-refractivity contribution in [3.05, 3.63) is 86.3 Å². The van der Waals surface area contributed by atoms with Crippen molar-refractivity contribution in [2.75, 3.05) is 34.9 Å². The highest BCUT2D eigenvalue weighted by atomic mass is 19.4. The fourth-order valence-electron chi connectivity index (χ4n) is 4.15. The average molecular weight is 582 g/mol. The molecule has 5 N–H and O–H groups in total. The largest absolute Gasteiger partial charge is 0.421 e. The zero-order valence-electron chi connectivity index (χ0n) is 23.0. The number of aromatic nitrogens is 2. The number of rotatable bonds is 13. The number of nitrogens with one attached hydrogen (secondary N) is 5. The molecule has 0 bridgehead atoms. The van der Waals surface area contributed by atoms with Gasteiger partial charge >= 0.3 is 6.18 Å². The summed E-state index contributed by atoms with van der Waals surface area (Å²) < 4.78 is 41.2. The first-order valence-electron chi connectivity index (χ1n) is 13.4. The number of carbonyl (C=O) groups is 1.